The van der Waals surface area contributed by atoms with E-state index in [-0.39, 0.29) is 24.3 Å². The quantitative estimate of drug-likeness (QED) is 0.599. The summed E-state index contributed by atoms with van der Waals surface area (Å²) in [6.45, 7) is -0.490. The van der Waals surface area contributed by atoms with Crippen LogP contribution in [0.5, 0.6) is 5.75 Å². The van der Waals surface area contributed by atoms with Crippen molar-refractivity contribution in [2.24, 2.45) is 0 Å². The van der Waals surface area contributed by atoms with E-state index in [1.807, 2.05) is 6.07 Å². The van der Waals surface area contributed by atoms with Crippen LogP contribution in [0, 0.1) is 0 Å². The average Bonchev–Trinajstić information content (AvgIpc) is 2.58. The number of benzene rings is 1. The summed E-state index contributed by atoms with van der Waals surface area (Å²) >= 11 is 1.14. The van der Waals surface area contributed by atoms with E-state index in [0.717, 1.165) is 11.8 Å². The van der Waals surface area contributed by atoms with Gasteiger partial charge in [0.2, 0.25) is 5.91 Å². The normalized spacial score (nSPS) is 28.5. The van der Waals surface area contributed by atoms with Gasteiger partial charge in [0.25, 0.3) is 5.91 Å². The number of carboxylic acid groups (broad SMARTS) is 1. The van der Waals surface area contributed by atoms with Crippen molar-refractivity contribution in [3.8, 4) is 5.75 Å². The Balaban J connectivity index is 1.52. The van der Waals surface area contributed by atoms with Crippen LogP contribution in [0.15, 0.2) is 30.3 Å². The number of hydrogen-bond donors (Lipinski definition) is 3. The topological polar surface area (TPSA) is 116 Å². The molecule has 3 atom stereocenters. The van der Waals surface area contributed by atoms with Crippen LogP contribution in [0.25, 0.3) is 0 Å². The van der Waals surface area contributed by atoms with Gasteiger partial charge in [0, 0.05) is 5.75 Å². The zero-order valence-corrected chi connectivity index (χ0v) is 13.4. The van der Waals surface area contributed by atoms with E-state index in [0.29, 0.717) is 5.75 Å². The first-order valence-corrected chi connectivity index (χ1v) is 8.31. The highest BCUT2D eigenvalue weighted by molar-refractivity contribution is 8.00. The van der Waals surface area contributed by atoms with Gasteiger partial charge in [-0.2, -0.15) is 0 Å². The van der Waals surface area contributed by atoms with Crippen molar-refractivity contribution in [3.05, 3.63) is 30.3 Å². The van der Waals surface area contributed by atoms with Gasteiger partial charge in [-0.05, 0) is 12.1 Å². The zero-order chi connectivity index (χ0) is 17.3. The zero-order valence-electron chi connectivity index (χ0n) is 12.5. The predicted octanol–water partition coefficient (Wildman–Crippen LogP) is -0.719. The number of aliphatic carboxylic acids is 1. The van der Waals surface area contributed by atoms with Crippen molar-refractivity contribution in [1.82, 2.24) is 10.2 Å². The van der Waals surface area contributed by atoms with E-state index in [1.54, 1.807) is 24.3 Å². The lowest BCUT2D eigenvalue weighted by molar-refractivity contribution is -0.167. The van der Waals surface area contributed by atoms with Crippen LogP contribution in [0.2, 0.25) is 0 Å². The SMILES string of the molecule is O=C(COc1ccccc1)NC1C(=O)N2CC(O)(C(=O)O)CS[C@H]12. The van der Waals surface area contributed by atoms with Gasteiger partial charge in [0.1, 0.15) is 17.2 Å². The maximum absolute atomic E-state index is 12.1. The molecule has 1 aromatic rings. The van der Waals surface area contributed by atoms with E-state index in [9.17, 15) is 19.5 Å². The molecule has 2 aliphatic heterocycles. The fraction of sp³-hybridized carbons (Fsp3) is 0.400. The highest BCUT2D eigenvalue weighted by atomic mass is 32.2. The van der Waals surface area contributed by atoms with Crippen LogP contribution in [0.3, 0.4) is 0 Å². The molecule has 2 fully saturated rings. The molecule has 3 rings (SSSR count). The Morgan fingerprint density at radius 2 is 2.08 bits per heavy atom. The number of amides is 2. The number of ether oxygens (including phenoxy) is 1. The molecule has 8 nitrogen and oxygen atoms in total. The number of nitrogens with one attached hydrogen (secondary N) is 1. The molecule has 2 unspecified atom stereocenters. The van der Waals surface area contributed by atoms with Crippen LogP contribution >= 0.6 is 11.8 Å². The first-order valence-electron chi connectivity index (χ1n) is 7.26. The number of β-lactam (4-membered cyclic amide) rings is 1. The van der Waals surface area contributed by atoms with Crippen molar-refractivity contribution in [2.75, 3.05) is 18.9 Å². The van der Waals surface area contributed by atoms with Crippen molar-refractivity contribution in [2.45, 2.75) is 17.0 Å². The Bertz CT molecular complexity index is 669. The monoisotopic (exact) mass is 352 g/mol. The molecule has 0 aromatic heterocycles. The number of fused-ring (bicyclic) bond motifs is 1. The standard InChI is InChI=1S/C15H16N2O6S/c18-10(6-23-9-4-2-1-3-5-9)16-11-12(19)17-7-15(22,14(20)21)8-24-13(11)17/h1-5,11,13,22H,6-8H2,(H,16,18)(H,20,21)/t11?,13-,15?/m1/s1. The van der Waals surface area contributed by atoms with Crippen molar-refractivity contribution in [3.63, 3.8) is 0 Å². The highest BCUT2D eigenvalue weighted by Gasteiger charge is 2.57. The first-order chi connectivity index (χ1) is 11.4. The van der Waals surface area contributed by atoms with Crippen molar-refractivity contribution >= 4 is 29.5 Å². The summed E-state index contributed by atoms with van der Waals surface area (Å²) in [5.41, 5.74) is -1.94. The molecule has 0 bridgehead atoms. The Hall–Kier alpha value is -2.26. The van der Waals surface area contributed by atoms with E-state index >= 15 is 0 Å². The maximum Gasteiger partial charge on any atom is 0.338 e. The smallest absolute Gasteiger partial charge is 0.338 e. The molecule has 9 heteroatoms. The molecular formula is C15H16N2O6S. The van der Waals surface area contributed by atoms with E-state index in [1.165, 1.54) is 4.90 Å². The Kier molecular flexibility index (Phi) is 4.37. The van der Waals surface area contributed by atoms with Gasteiger partial charge in [-0.1, -0.05) is 18.2 Å². The van der Waals surface area contributed by atoms with Gasteiger partial charge in [-0.25, -0.2) is 4.79 Å². The number of thioether (sulfide) groups is 1. The minimum Gasteiger partial charge on any atom is -0.484 e. The average molecular weight is 352 g/mol. The molecule has 2 amide bonds. The third-order valence-corrected chi connectivity index (χ3v) is 5.41. The predicted molar refractivity (Wildman–Crippen MR) is 84.4 cm³/mol. The molecule has 1 aromatic carbocycles. The number of para-hydroxylation sites is 1. The van der Waals surface area contributed by atoms with Gasteiger partial charge in [0.05, 0.1) is 6.54 Å². The number of hydrogen-bond acceptors (Lipinski definition) is 6. The van der Waals surface area contributed by atoms with E-state index < -0.39 is 29.4 Å². The second kappa shape index (κ2) is 6.33. The number of rotatable bonds is 5. The van der Waals surface area contributed by atoms with Crippen LogP contribution in [0.4, 0.5) is 0 Å². The molecule has 0 saturated carbocycles. The lowest BCUT2D eigenvalue weighted by Crippen LogP contribution is -2.75. The number of carbonyl (C=O) groups is 3. The van der Waals surface area contributed by atoms with Gasteiger partial charge < -0.3 is 25.2 Å². The third-order valence-electron chi connectivity index (χ3n) is 3.89. The lowest BCUT2D eigenvalue weighted by atomic mass is 9.99. The minimum absolute atomic E-state index is 0.0380. The molecule has 0 spiro atoms. The first kappa shape index (κ1) is 16.6. The molecule has 128 valence electrons. The summed E-state index contributed by atoms with van der Waals surface area (Å²) in [5, 5.41) is 21.2. The maximum atomic E-state index is 12.1. The molecule has 2 aliphatic rings. The molecule has 0 radical (unpaired) electrons. The highest BCUT2D eigenvalue weighted by Crippen LogP contribution is 2.38. The molecule has 2 saturated heterocycles. The molecule has 3 N–H and O–H groups in total. The Morgan fingerprint density at radius 1 is 1.38 bits per heavy atom. The summed E-state index contributed by atoms with van der Waals surface area (Å²) in [7, 11) is 0. The number of nitrogens with zero attached hydrogens (tertiary/aromatic N) is 1. The van der Waals surface area contributed by atoms with Crippen LogP contribution in [-0.2, 0) is 14.4 Å². The lowest BCUT2D eigenvalue weighted by Gasteiger charge is -2.52. The van der Waals surface area contributed by atoms with E-state index in [4.69, 9.17) is 9.84 Å². The Labute approximate surface area is 141 Å². The fourth-order valence-electron chi connectivity index (χ4n) is 2.57. The molecular weight excluding hydrogens is 336 g/mol. The third kappa shape index (κ3) is 3.04. The van der Waals surface area contributed by atoms with Gasteiger partial charge >= 0.3 is 5.97 Å². The van der Waals surface area contributed by atoms with Crippen LogP contribution in [-0.4, -0.2) is 68.8 Å². The summed E-state index contributed by atoms with van der Waals surface area (Å²) < 4.78 is 5.31. The molecule has 24 heavy (non-hydrogen) atoms. The Morgan fingerprint density at radius 3 is 2.75 bits per heavy atom. The molecule has 2 heterocycles. The van der Waals surface area contributed by atoms with Crippen LogP contribution in [0.1, 0.15) is 0 Å². The van der Waals surface area contributed by atoms with Crippen LogP contribution < -0.4 is 10.1 Å². The fourth-order valence-corrected chi connectivity index (χ4v) is 3.97. The minimum atomic E-state index is -1.94. The van der Waals surface area contributed by atoms with Gasteiger partial charge in [-0.15, -0.1) is 11.8 Å². The van der Waals surface area contributed by atoms with Gasteiger partial charge in [0.15, 0.2) is 12.2 Å². The second-order valence-corrected chi connectivity index (χ2v) is 6.76. The van der Waals surface area contributed by atoms with E-state index in [2.05, 4.69) is 5.32 Å². The second-order valence-electron chi connectivity index (χ2n) is 5.65. The van der Waals surface area contributed by atoms with Crippen molar-refractivity contribution < 1.29 is 29.3 Å². The van der Waals surface area contributed by atoms with Gasteiger partial charge in [-0.3, -0.25) is 9.59 Å². The largest absolute Gasteiger partial charge is 0.484 e. The summed E-state index contributed by atoms with van der Waals surface area (Å²) in [6.07, 6.45) is 0. The number of carboxylic acids is 1. The summed E-state index contributed by atoms with van der Waals surface area (Å²) in [5.74, 6) is -1.68. The molecule has 0 aliphatic carbocycles. The summed E-state index contributed by atoms with van der Waals surface area (Å²) in [4.78, 5) is 36.3. The van der Waals surface area contributed by atoms with Crippen molar-refractivity contribution in [1.29, 1.82) is 0 Å². The summed E-state index contributed by atoms with van der Waals surface area (Å²) in [6, 6.07) is 8.10. The number of carbonyl (C=O) groups excluding carboxylic acids is 2. The number of aliphatic hydroxyl groups is 1.